The highest BCUT2D eigenvalue weighted by atomic mass is 16.1. The molecule has 1 amide bonds. The first-order valence-corrected chi connectivity index (χ1v) is 7.81. The van der Waals surface area contributed by atoms with Crippen LogP contribution in [0.15, 0.2) is 24.3 Å². The molecule has 20 heavy (non-hydrogen) atoms. The predicted molar refractivity (Wildman–Crippen MR) is 83.9 cm³/mol. The third-order valence-electron chi connectivity index (χ3n) is 4.07. The van der Waals surface area contributed by atoms with E-state index in [0.717, 1.165) is 18.2 Å². The summed E-state index contributed by atoms with van der Waals surface area (Å²) in [5.74, 6) is 0.911. The predicted octanol–water partition coefficient (Wildman–Crippen LogP) is 3.49. The van der Waals surface area contributed by atoms with Crippen molar-refractivity contribution >= 4 is 11.6 Å². The van der Waals surface area contributed by atoms with Crippen LogP contribution < -0.4 is 10.6 Å². The minimum Gasteiger partial charge on any atom is -0.325 e. The molecule has 0 atom stereocenters. The molecule has 1 saturated carbocycles. The Morgan fingerprint density at radius 2 is 1.85 bits per heavy atom. The Kier molecular flexibility index (Phi) is 6.06. The quantitative estimate of drug-likeness (QED) is 0.780. The van der Waals surface area contributed by atoms with Crippen LogP contribution in [0.1, 0.15) is 44.1 Å². The van der Waals surface area contributed by atoms with Gasteiger partial charge in [-0.15, -0.1) is 0 Å². The topological polar surface area (TPSA) is 41.1 Å². The second-order valence-corrected chi connectivity index (χ2v) is 5.88. The molecule has 1 aliphatic rings. The summed E-state index contributed by atoms with van der Waals surface area (Å²) in [6.45, 7) is 3.39. The van der Waals surface area contributed by atoms with Gasteiger partial charge >= 0.3 is 0 Å². The van der Waals surface area contributed by atoms with Crippen LogP contribution in [-0.2, 0) is 4.79 Å². The summed E-state index contributed by atoms with van der Waals surface area (Å²) < 4.78 is 0. The normalized spacial score (nSPS) is 16.1. The fraction of sp³-hybridized carbons (Fsp3) is 0.588. The van der Waals surface area contributed by atoms with Crippen LogP contribution in [0.2, 0.25) is 0 Å². The Labute approximate surface area is 122 Å². The van der Waals surface area contributed by atoms with Crippen LogP contribution in [0.25, 0.3) is 0 Å². The van der Waals surface area contributed by atoms with Gasteiger partial charge in [0, 0.05) is 5.69 Å². The number of hydrogen-bond acceptors (Lipinski definition) is 2. The molecule has 2 rings (SSSR count). The van der Waals surface area contributed by atoms with Crippen molar-refractivity contribution in [3.63, 3.8) is 0 Å². The van der Waals surface area contributed by atoms with Crippen LogP contribution >= 0.6 is 0 Å². The second kappa shape index (κ2) is 8.05. The van der Waals surface area contributed by atoms with E-state index in [1.807, 2.05) is 31.2 Å². The van der Waals surface area contributed by atoms with Crippen molar-refractivity contribution in [2.45, 2.75) is 45.4 Å². The Morgan fingerprint density at radius 3 is 2.55 bits per heavy atom. The molecule has 1 aromatic rings. The van der Waals surface area contributed by atoms with Crippen LogP contribution in [-0.4, -0.2) is 19.0 Å². The molecule has 0 heterocycles. The van der Waals surface area contributed by atoms with E-state index in [1.54, 1.807) is 0 Å². The molecule has 0 unspecified atom stereocenters. The minimum atomic E-state index is 0.0393. The average molecular weight is 274 g/mol. The zero-order valence-corrected chi connectivity index (χ0v) is 12.5. The minimum absolute atomic E-state index is 0.0393. The summed E-state index contributed by atoms with van der Waals surface area (Å²) in [4.78, 5) is 11.8. The zero-order chi connectivity index (χ0) is 14.2. The lowest BCUT2D eigenvalue weighted by molar-refractivity contribution is -0.115. The highest BCUT2D eigenvalue weighted by Gasteiger charge is 2.12. The van der Waals surface area contributed by atoms with Crippen molar-refractivity contribution in [2.24, 2.45) is 5.92 Å². The summed E-state index contributed by atoms with van der Waals surface area (Å²) in [5.41, 5.74) is 2.07. The number of carbonyl (C=O) groups is 1. The monoisotopic (exact) mass is 274 g/mol. The number of aryl methyl sites for hydroxylation is 1. The van der Waals surface area contributed by atoms with E-state index < -0.39 is 0 Å². The van der Waals surface area contributed by atoms with E-state index in [2.05, 4.69) is 10.6 Å². The summed E-state index contributed by atoms with van der Waals surface area (Å²) in [5, 5.41) is 6.16. The Balaban J connectivity index is 1.59. The SMILES string of the molecule is Cc1ccc(NC(=O)CNCCC2CCCCC2)cc1. The number of nitrogens with one attached hydrogen (secondary N) is 2. The maximum absolute atomic E-state index is 11.8. The average Bonchev–Trinajstić information content (AvgIpc) is 2.47. The van der Waals surface area contributed by atoms with Gasteiger partial charge in [0.1, 0.15) is 0 Å². The number of hydrogen-bond donors (Lipinski definition) is 2. The molecule has 0 bridgehead atoms. The summed E-state index contributed by atoms with van der Waals surface area (Å²) in [6, 6.07) is 7.89. The lowest BCUT2D eigenvalue weighted by Gasteiger charge is -2.21. The molecule has 0 aliphatic heterocycles. The highest BCUT2D eigenvalue weighted by molar-refractivity contribution is 5.92. The molecular weight excluding hydrogens is 248 g/mol. The van der Waals surface area contributed by atoms with Crippen molar-refractivity contribution in [3.05, 3.63) is 29.8 Å². The molecule has 110 valence electrons. The Hall–Kier alpha value is -1.35. The summed E-state index contributed by atoms with van der Waals surface area (Å²) >= 11 is 0. The van der Waals surface area contributed by atoms with Crippen molar-refractivity contribution in [1.29, 1.82) is 0 Å². The van der Waals surface area contributed by atoms with Gasteiger partial charge in [-0.05, 0) is 37.9 Å². The molecule has 0 radical (unpaired) electrons. The Morgan fingerprint density at radius 1 is 1.15 bits per heavy atom. The van der Waals surface area contributed by atoms with Crippen molar-refractivity contribution in [3.8, 4) is 0 Å². The van der Waals surface area contributed by atoms with Crippen LogP contribution in [0, 0.1) is 12.8 Å². The standard InChI is InChI=1S/C17H26N2O/c1-14-7-9-16(10-8-14)19-17(20)13-18-12-11-15-5-3-2-4-6-15/h7-10,15,18H,2-6,11-13H2,1H3,(H,19,20). The van der Waals surface area contributed by atoms with Gasteiger partial charge in [-0.1, -0.05) is 49.8 Å². The van der Waals surface area contributed by atoms with Gasteiger partial charge in [0.25, 0.3) is 0 Å². The fourth-order valence-electron chi connectivity index (χ4n) is 2.83. The summed E-state index contributed by atoms with van der Waals surface area (Å²) in [6.07, 6.45) is 8.13. The fourth-order valence-corrected chi connectivity index (χ4v) is 2.83. The van der Waals surface area contributed by atoms with Gasteiger partial charge in [-0.2, -0.15) is 0 Å². The van der Waals surface area contributed by atoms with Crippen LogP contribution in [0.3, 0.4) is 0 Å². The first-order valence-electron chi connectivity index (χ1n) is 7.81. The first-order chi connectivity index (χ1) is 9.74. The van der Waals surface area contributed by atoms with E-state index >= 15 is 0 Å². The third-order valence-corrected chi connectivity index (χ3v) is 4.07. The number of rotatable bonds is 6. The van der Waals surface area contributed by atoms with Crippen LogP contribution in [0.5, 0.6) is 0 Å². The summed E-state index contributed by atoms with van der Waals surface area (Å²) in [7, 11) is 0. The molecule has 3 heteroatoms. The second-order valence-electron chi connectivity index (χ2n) is 5.88. The van der Waals surface area contributed by atoms with E-state index in [1.165, 1.54) is 44.1 Å². The molecule has 1 aromatic carbocycles. The van der Waals surface area contributed by atoms with E-state index in [-0.39, 0.29) is 5.91 Å². The van der Waals surface area contributed by atoms with E-state index in [4.69, 9.17) is 0 Å². The number of carbonyl (C=O) groups excluding carboxylic acids is 1. The molecular formula is C17H26N2O. The van der Waals surface area contributed by atoms with Gasteiger partial charge in [0.2, 0.25) is 5.91 Å². The highest BCUT2D eigenvalue weighted by Crippen LogP contribution is 2.25. The maximum atomic E-state index is 11.8. The molecule has 0 aromatic heterocycles. The third kappa shape index (κ3) is 5.33. The van der Waals surface area contributed by atoms with Gasteiger partial charge in [0.05, 0.1) is 6.54 Å². The van der Waals surface area contributed by atoms with Gasteiger partial charge < -0.3 is 10.6 Å². The van der Waals surface area contributed by atoms with Crippen LogP contribution in [0.4, 0.5) is 5.69 Å². The van der Waals surface area contributed by atoms with Gasteiger partial charge in [-0.3, -0.25) is 4.79 Å². The Bertz CT molecular complexity index is 408. The number of benzene rings is 1. The number of amides is 1. The van der Waals surface area contributed by atoms with Crippen molar-refractivity contribution < 1.29 is 4.79 Å². The molecule has 3 nitrogen and oxygen atoms in total. The molecule has 0 saturated heterocycles. The molecule has 2 N–H and O–H groups in total. The van der Waals surface area contributed by atoms with E-state index in [9.17, 15) is 4.79 Å². The lowest BCUT2D eigenvalue weighted by atomic mass is 9.87. The molecule has 0 spiro atoms. The smallest absolute Gasteiger partial charge is 0.238 e. The van der Waals surface area contributed by atoms with Crippen molar-refractivity contribution in [2.75, 3.05) is 18.4 Å². The molecule has 1 aliphatic carbocycles. The maximum Gasteiger partial charge on any atom is 0.238 e. The lowest BCUT2D eigenvalue weighted by Crippen LogP contribution is -2.29. The largest absolute Gasteiger partial charge is 0.325 e. The molecule has 1 fully saturated rings. The van der Waals surface area contributed by atoms with Crippen molar-refractivity contribution in [1.82, 2.24) is 5.32 Å². The van der Waals surface area contributed by atoms with Gasteiger partial charge in [0.15, 0.2) is 0 Å². The number of anilines is 1. The first kappa shape index (κ1) is 15.0. The zero-order valence-electron chi connectivity index (χ0n) is 12.5. The van der Waals surface area contributed by atoms with Gasteiger partial charge in [-0.25, -0.2) is 0 Å². The van der Waals surface area contributed by atoms with E-state index in [0.29, 0.717) is 6.54 Å².